The van der Waals surface area contributed by atoms with Crippen LogP contribution in [0.4, 0.5) is 0 Å². The monoisotopic (exact) mass is 217 g/mol. The van der Waals surface area contributed by atoms with Crippen LogP contribution in [0.2, 0.25) is 0 Å². The van der Waals surface area contributed by atoms with Crippen molar-refractivity contribution in [2.24, 2.45) is 0 Å². The van der Waals surface area contributed by atoms with E-state index < -0.39 is 5.97 Å². The van der Waals surface area contributed by atoms with Gasteiger partial charge >= 0.3 is 5.97 Å². The van der Waals surface area contributed by atoms with Crippen molar-refractivity contribution in [2.45, 2.75) is 51.5 Å². The molecule has 3 N–H and O–H groups in total. The van der Waals surface area contributed by atoms with E-state index in [0.717, 1.165) is 25.8 Å². The molecule has 0 amide bonds. The number of hydrogen-bond donors (Lipinski definition) is 3. The van der Waals surface area contributed by atoms with Gasteiger partial charge in [0.15, 0.2) is 0 Å². The van der Waals surface area contributed by atoms with Crippen molar-refractivity contribution >= 4 is 5.97 Å². The van der Waals surface area contributed by atoms with Crippen molar-refractivity contribution in [3.63, 3.8) is 0 Å². The highest BCUT2D eigenvalue weighted by molar-refractivity contribution is 5.66. The Morgan fingerprint density at radius 1 is 1.40 bits per heavy atom. The zero-order valence-corrected chi connectivity index (χ0v) is 9.75. The number of nitrogens with one attached hydrogen (secondary N) is 1. The lowest BCUT2D eigenvalue weighted by Crippen LogP contribution is -2.43. The van der Waals surface area contributed by atoms with E-state index in [0.29, 0.717) is 6.42 Å². The summed E-state index contributed by atoms with van der Waals surface area (Å²) < 4.78 is 0. The third kappa shape index (κ3) is 7.33. The van der Waals surface area contributed by atoms with E-state index in [1.165, 1.54) is 0 Å². The molecule has 0 aliphatic carbocycles. The van der Waals surface area contributed by atoms with Crippen LogP contribution in [-0.2, 0) is 4.79 Å². The number of aliphatic carboxylic acids is 1. The lowest BCUT2D eigenvalue weighted by Gasteiger charge is -2.29. The normalized spacial score (nSPS) is 14.9. The average molecular weight is 217 g/mol. The predicted molar refractivity (Wildman–Crippen MR) is 59.9 cm³/mol. The number of unbranched alkanes of at least 4 members (excludes halogenated alkanes) is 1. The molecule has 0 aromatic rings. The Balaban J connectivity index is 3.58. The summed E-state index contributed by atoms with van der Waals surface area (Å²) in [6, 6.07) is 0. The topological polar surface area (TPSA) is 69.6 Å². The van der Waals surface area contributed by atoms with Crippen molar-refractivity contribution in [1.29, 1.82) is 0 Å². The van der Waals surface area contributed by atoms with Gasteiger partial charge in [0.05, 0.1) is 0 Å². The third-order valence-electron chi connectivity index (χ3n) is 2.81. The quantitative estimate of drug-likeness (QED) is 0.510. The van der Waals surface area contributed by atoms with Gasteiger partial charge in [-0.3, -0.25) is 4.79 Å². The number of aliphatic hydroxyl groups excluding tert-OH is 1. The molecule has 0 fully saturated rings. The number of carbonyl (C=O) groups is 1. The number of carboxylic acids is 1. The van der Waals surface area contributed by atoms with Crippen molar-refractivity contribution in [3.8, 4) is 0 Å². The molecule has 0 aliphatic rings. The Morgan fingerprint density at radius 3 is 2.53 bits per heavy atom. The second-order valence-electron chi connectivity index (χ2n) is 4.17. The molecule has 4 nitrogen and oxygen atoms in total. The molecule has 0 rings (SSSR count). The van der Waals surface area contributed by atoms with E-state index in [-0.39, 0.29) is 18.6 Å². The van der Waals surface area contributed by atoms with Crippen molar-refractivity contribution in [1.82, 2.24) is 5.32 Å². The van der Waals surface area contributed by atoms with Crippen LogP contribution >= 0.6 is 0 Å². The first-order chi connectivity index (χ1) is 7.04. The maximum atomic E-state index is 10.3. The van der Waals surface area contributed by atoms with E-state index in [4.69, 9.17) is 10.2 Å². The predicted octanol–water partition coefficient (Wildman–Crippen LogP) is 1.38. The fourth-order valence-electron chi connectivity index (χ4n) is 1.43. The van der Waals surface area contributed by atoms with Gasteiger partial charge in [-0.2, -0.15) is 0 Å². The molecule has 0 radical (unpaired) electrons. The molecular weight excluding hydrogens is 194 g/mol. The summed E-state index contributed by atoms with van der Waals surface area (Å²) in [6.45, 7) is 5.17. The summed E-state index contributed by atoms with van der Waals surface area (Å²) in [5.74, 6) is -0.733. The second kappa shape index (κ2) is 7.65. The van der Waals surface area contributed by atoms with E-state index >= 15 is 0 Å². The fraction of sp³-hybridized carbons (Fsp3) is 0.909. The van der Waals surface area contributed by atoms with Gasteiger partial charge in [-0.05, 0) is 39.2 Å². The summed E-state index contributed by atoms with van der Waals surface area (Å²) in [5, 5.41) is 20.7. The minimum absolute atomic E-state index is 0.0159. The molecule has 90 valence electrons. The summed E-state index contributed by atoms with van der Waals surface area (Å²) in [7, 11) is 0. The van der Waals surface area contributed by atoms with Crippen LogP contribution in [0.1, 0.15) is 46.0 Å². The SMILES string of the molecule is CCC(C)(CCO)NCCCCC(=O)O. The number of aliphatic hydroxyl groups is 1. The maximum Gasteiger partial charge on any atom is 0.303 e. The Labute approximate surface area is 91.7 Å². The highest BCUT2D eigenvalue weighted by Gasteiger charge is 2.19. The van der Waals surface area contributed by atoms with E-state index in [9.17, 15) is 4.79 Å². The third-order valence-corrected chi connectivity index (χ3v) is 2.81. The molecule has 0 aromatic carbocycles. The Morgan fingerprint density at radius 2 is 2.07 bits per heavy atom. The molecule has 1 unspecified atom stereocenters. The summed E-state index contributed by atoms with van der Waals surface area (Å²) in [5.41, 5.74) is -0.0159. The molecule has 0 heterocycles. The standard InChI is InChI=1S/C11H23NO3/c1-3-11(2,7-9-13)12-8-5-4-6-10(14)15/h12-13H,3-9H2,1-2H3,(H,14,15). The van der Waals surface area contributed by atoms with Crippen LogP contribution in [-0.4, -0.2) is 34.9 Å². The molecule has 0 saturated carbocycles. The lowest BCUT2D eigenvalue weighted by molar-refractivity contribution is -0.137. The van der Waals surface area contributed by atoms with Gasteiger partial charge < -0.3 is 15.5 Å². The Hall–Kier alpha value is -0.610. The molecule has 15 heavy (non-hydrogen) atoms. The van der Waals surface area contributed by atoms with Crippen LogP contribution in [0.15, 0.2) is 0 Å². The average Bonchev–Trinajstić information content (AvgIpc) is 2.17. The minimum atomic E-state index is -0.733. The van der Waals surface area contributed by atoms with E-state index in [1.807, 2.05) is 0 Å². The highest BCUT2D eigenvalue weighted by Crippen LogP contribution is 2.13. The first-order valence-corrected chi connectivity index (χ1v) is 5.62. The summed E-state index contributed by atoms with van der Waals surface area (Å²) in [6.07, 6.45) is 3.52. The smallest absolute Gasteiger partial charge is 0.303 e. The van der Waals surface area contributed by atoms with Gasteiger partial charge in [-0.25, -0.2) is 0 Å². The minimum Gasteiger partial charge on any atom is -0.481 e. The number of rotatable bonds is 9. The first kappa shape index (κ1) is 14.4. The van der Waals surface area contributed by atoms with Gasteiger partial charge in [0.25, 0.3) is 0 Å². The van der Waals surface area contributed by atoms with Crippen LogP contribution < -0.4 is 5.32 Å². The Kier molecular flexibility index (Phi) is 7.34. The summed E-state index contributed by atoms with van der Waals surface area (Å²) in [4.78, 5) is 10.3. The number of carboxylic acid groups (broad SMARTS) is 1. The first-order valence-electron chi connectivity index (χ1n) is 5.62. The number of hydrogen-bond acceptors (Lipinski definition) is 3. The maximum absolute atomic E-state index is 10.3. The molecule has 0 saturated heterocycles. The molecule has 1 atom stereocenters. The molecule has 4 heteroatoms. The zero-order chi connectivity index (χ0) is 11.7. The van der Waals surface area contributed by atoms with Crippen LogP contribution in [0.3, 0.4) is 0 Å². The largest absolute Gasteiger partial charge is 0.481 e. The summed E-state index contributed by atoms with van der Waals surface area (Å²) >= 11 is 0. The second-order valence-corrected chi connectivity index (χ2v) is 4.17. The molecular formula is C11H23NO3. The van der Waals surface area contributed by atoms with Gasteiger partial charge in [0.2, 0.25) is 0 Å². The van der Waals surface area contributed by atoms with Crippen LogP contribution in [0, 0.1) is 0 Å². The van der Waals surface area contributed by atoms with E-state index in [2.05, 4.69) is 19.2 Å². The van der Waals surface area contributed by atoms with Gasteiger partial charge in [0.1, 0.15) is 0 Å². The van der Waals surface area contributed by atoms with Crippen LogP contribution in [0.5, 0.6) is 0 Å². The van der Waals surface area contributed by atoms with Gasteiger partial charge in [0, 0.05) is 18.6 Å². The van der Waals surface area contributed by atoms with Crippen molar-refractivity contribution in [3.05, 3.63) is 0 Å². The van der Waals surface area contributed by atoms with Gasteiger partial charge in [-0.1, -0.05) is 6.92 Å². The Bertz CT molecular complexity index is 185. The van der Waals surface area contributed by atoms with Crippen LogP contribution in [0.25, 0.3) is 0 Å². The fourth-order valence-corrected chi connectivity index (χ4v) is 1.43. The lowest BCUT2D eigenvalue weighted by atomic mass is 9.95. The van der Waals surface area contributed by atoms with E-state index in [1.54, 1.807) is 0 Å². The molecule has 0 spiro atoms. The van der Waals surface area contributed by atoms with Gasteiger partial charge in [-0.15, -0.1) is 0 Å². The zero-order valence-electron chi connectivity index (χ0n) is 9.75. The van der Waals surface area contributed by atoms with Crippen molar-refractivity contribution < 1.29 is 15.0 Å². The highest BCUT2D eigenvalue weighted by atomic mass is 16.4. The molecule has 0 aliphatic heterocycles. The molecule has 0 aromatic heterocycles. The molecule has 0 bridgehead atoms. The van der Waals surface area contributed by atoms with Crippen molar-refractivity contribution in [2.75, 3.05) is 13.2 Å².